The average molecular weight is 353 g/mol. The summed E-state index contributed by atoms with van der Waals surface area (Å²) < 4.78 is 0. The van der Waals surface area contributed by atoms with Crippen molar-refractivity contribution in [3.8, 4) is 6.07 Å². The maximum atomic E-state index is 12.9. The van der Waals surface area contributed by atoms with Crippen molar-refractivity contribution in [1.82, 2.24) is 5.06 Å². The van der Waals surface area contributed by atoms with Crippen LogP contribution in [0.4, 0.5) is 5.69 Å². The van der Waals surface area contributed by atoms with Crippen LogP contribution in [0.2, 0.25) is 0 Å². The molecule has 1 N–H and O–H groups in total. The van der Waals surface area contributed by atoms with Gasteiger partial charge in [-0.1, -0.05) is 24.3 Å². The van der Waals surface area contributed by atoms with Gasteiger partial charge in [-0.25, -0.2) is 5.06 Å². The second-order valence-electron chi connectivity index (χ2n) is 5.54. The third kappa shape index (κ3) is 3.65. The third-order valence-electron chi connectivity index (χ3n) is 3.84. The van der Waals surface area contributed by atoms with Crippen LogP contribution in [0.5, 0.6) is 0 Å². The van der Waals surface area contributed by atoms with Crippen LogP contribution in [0.1, 0.15) is 11.1 Å². The van der Waals surface area contributed by atoms with E-state index in [-0.39, 0.29) is 18.9 Å². The summed E-state index contributed by atoms with van der Waals surface area (Å²) in [5, 5.41) is 18.4. The number of anilines is 1. The number of amides is 2. The second kappa shape index (κ2) is 7.38. The number of benzene rings is 2. The van der Waals surface area contributed by atoms with Crippen LogP contribution in [0.15, 0.2) is 53.4 Å². The predicted octanol–water partition coefficient (Wildman–Crippen LogP) is 2.41. The van der Waals surface area contributed by atoms with Crippen LogP contribution in [0.3, 0.4) is 0 Å². The van der Waals surface area contributed by atoms with E-state index >= 15 is 0 Å². The van der Waals surface area contributed by atoms with Gasteiger partial charge in [-0.15, -0.1) is 11.8 Å². The number of hydroxylamine groups is 2. The van der Waals surface area contributed by atoms with Crippen LogP contribution in [0, 0.1) is 11.3 Å². The Kier molecular flexibility index (Phi) is 5.03. The number of thioether (sulfide) groups is 1. The third-order valence-corrected chi connectivity index (χ3v) is 5.07. The summed E-state index contributed by atoms with van der Waals surface area (Å²) in [5.74, 6) is -0.188. The molecule has 6 nitrogen and oxygen atoms in total. The second-order valence-corrected chi connectivity index (χ2v) is 6.78. The van der Waals surface area contributed by atoms with E-state index in [1.54, 1.807) is 23.1 Å². The van der Waals surface area contributed by atoms with Crippen molar-refractivity contribution in [2.45, 2.75) is 16.7 Å². The molecule has 0 saturated carbocycles. The SMILES string of the molecule is N#Cc1cccc(CN2C(=O)C(CN(O)C=O)Sc3ccccc32)c1. The molecule has 1 unspecified atom stereocenters. The van der Waals surface area contributed by atoms with E-state index in [4.69, 9.17) is 5.26 Å². The number of nitriles is 1. The van der Waals surface area contributed by atoms with Gasteiger partial charge in [-0.05, 0) is 29.8 Å². The van der Waals surface area contributed by atoms with Crippen molar-refractivity contribution >= 4 is 29.8 Å². The van der Waals surface area contributed by atoms with Gasteiger partial charge in [0.1, 0.15) is 5.25 Å². The average Bonchev–Trinajstić information content (AvgIpc) is 2.65. The van der Waals surface area contributed by atoms with E-state index < -0.39 is 5.25 Å². The van der Waals surface area contributed by atoms with Crippen LogP contribution >= 0.6 is 11.8 Å². The first-order valence-corrected chi connectivity index (χ1v) is 8.47. The Morgan fingerprint density at radius 1 is 1.28 bits per heavy atom. The molecule has 0 spiro atoms. The molecule has 2 aromatic carbocycles. The molecule has 25 heavy (non-hydrogen) atoms. The minimum absolute atomic E-state index is 0.0872. The molecular formula is C18H15N3O3S. The molecule has 0 fully saturated rings. The molecule has 0 aromatic heterocycles. The minimum atomic E-state index is -0.593. The Morgan fingerprint density at radius 2 is 2.08 bits per heavy atom. The highest BCUT2D eigenvalue weighted by Crippen LogP contribution is 2.39. The number of carbonyl (C=O) groups excluding carboxylic acids is 2. The van der Waals surface area contributed by atoms with Crippen molar-refractivity contribution in [3.05, 3.63) is 59.7 Å². The lowest BCUT2D eigenvalue weighted by atomic mass is 10.1. The minimum Gasteiger partial charge on any atom is -0.306 e. The van der Waals surface area contributed by atoms with E-state index in [0.717, 1.165) is 16.1 Å². The van der Waals surface area contributed by atoms with E-state index in [0.29, 0.717) is 17.2 Å². The quantitative estimate of drug-likeness (QED) is 0.507. The normalized spacial score (nSPS) is 16.1. The van der Waals surface area contributed by atoms with Gasteiger partial charge in [-0.2, -0.15) is 5.26 Å². The van der Waals surface area contributed by atoms with E-state index in [1.807, 2.05) is 30.3 Å². The number of fused-ring (bicyclic) bond motifs is 1. The van der Waals surface area contributed by atoms with Crippen LogP contribution in [-0.4, -0.2) is 34.4 Å². The summed E-state index contributed by atoms with van der Waals surface area (Å²) in [6, 6.07) is 16.7. The Labute approximate surface area is 149 Å². The Morgan fingerprint density at radius 3 is 2.84 bits per heavy atom. The topological polar surface area (TPSA) is 84.6 Å². The van der Waals surface area contributed by atoms with Gasteiger partial charge < -0.3 is 4.90 Å². The molecule has 7 heteroatoms. The highest BCUT2D eigenvalue weighted by atomic mass is 32.2. The van der Waals surface area contributed by atoms with Gasteiger partial charge in [0.25, 0.3) is 0 Å². The van der Waals surface area contributed by atoms with Crippen molar-refractivity contribution in [3.63, 3.8) is 0 Å². The maximum Gasteiger partial charge on any atom is 0.242 e. The molecular weight excluding hydrogens is 338 g/mol. The fourth-order valence-electron chi connectivity index (χ4n) is 2.69. The monoisotopic (exact) mass is 353 g/mol. The number of para-hydroxylation sites is 1. The van der Waals surface area contributed by atoms with Gasteiger partial charge in [0.2, 0.25) is 12.3 Å². The molecule has 0 aliphatic carbocycles. The van der Waals surface area contributed by atoms with E-state index in [2.05, 4.69) is 6.07 Å². The van der Waals surface area contributed by atoms with E-state index in [9.17, 15) is 14.8 Å². The number of hydrogen-bond donors (Lipinski definition) is 1. The van der Waals surface area contributed by atoms with Crippen LogP contribution < -0.4 is 4.90 Å². The molecule has 1 aliphatic rings. The summed E-state index contributed by atoms with van der Waals surface area (Å²) in [7, 11) is 0. The zero-order chi connectivity index (χ0) is 17.8. The standard InChI is InChI=1S/C18H15N3O3S/c19-9-13-4-3-5-14(8-13)10-21-15-6-1-2-7-16(15)25-17(18(21)23)11-20(24)12-22/h1-8,12,17,24H,10-11H2. The number of rotatable bonds is 5. The number of nitrogens with zero attached hydrogens (tertiary/aromatic N) is 3. The zero-order valence-electron chi connectivity index (χ0n) is 13.2. The van der Waals surface area contributed by atoms with Crippen molar-refractivity contribution in [1.29, 1.82) is 5.26 Å². The van der Waals surface area contributed by atoms with Crippen molar-refractivity contribution in [2.24, 2.45) is 0 Å². The first-order valence-electron chi connectivity index (χ1n) is 7.59. The van der Waals surface area contributed by atoms with Gasteiger partial charge in [-0.3, -0.25) is 14.8 Å². The first kappa shape index (κ1) is 17.0. The molecule has 0 radical (unpaired) electrons. The molecule has 1 atom stereocenters. The zero-order valence-corrected chi connectivity index (χ0v) is 14.0. The predicted molar refractivity (Wildman–Crippen MR) is 93.0 cm³/mol. The van der Waals surface area contributed by atoms with Gasteiger partial charge >= 0.3 is 0 Å². The van der Waals surface area contributed by atoms with Crippen LogP contribution in [0.25, 0.3) is 0 Å². The number of carbonyl (C=O) groups is 2. The van der Waals surface area contributed by atoms with Crippen molar-refractivity contribution in [2.75, 3.05) is 11.4 Å². The van der Waals surface area contributed by atoms with Gasteiger partial charge in [0.15, 0.2) is 0 Å². The highest BCUT2D eigenvalue weighted by molar-refractivity contribution is 8.01. The molecule has 0 saturated heterocycles. The first-order chi connectivity index (χ1) is 12.1. The molecule has 1 aliphatic heterocycles. The molecule has 2 aromatic rings. The molecule has 2 amide bonds. The highest BCUT2D eigenvalue weighted by Gasteiger charge is 2.34. The lowest BCUT2D eigenvalue weighted by Crippen LogP contribution is -2.45. The molecule has 3 rings (SSSR count). The fraction of sp³-hybridized carbons (Fsp3) is 0.167. The lowest BCUT2D eigenvalue weighted by molar-refractivity contribution is -0.150. The summed E-state index contributed by atoms with van der Waals surface area (Å²) in [6.45, 7) is 0.227. The molecule has 126 valence electrons. The summed E-state index contributed by atoms with van der Waals surface area (Å²) >= 11 is 1.33. The Balaban J connectivity index is 1.93. The fourth-order valence-corrected chi connectivity index (χ4v) is 3.91. The Hall–Kier alpha value is -2.82. The smallest absolute Gasteiger partial charge is 0.242 e. The van der Waals surface area contributed by atoms with E-state index in [1.165, 1.54) is 11.8 Å². The number of hydrogen-bond acceptors (Lipinski definition) is 5. The van der Waals surface area contributed by atoms with Gasteiger partial charge in [0.05, 0.1) is 30.4 Å². The molecule has 1 heterocycles. The van der Waals surface area contributed by atoms with Crippen molar-refractivity contribution < 1.29 is 14.8 Å². The maximum absolute atomic E-state index is 12.9. The molecule has 0 bridgehead atoms. The summed E-state index contributed by atoms with van der Waals surface area (Å²) in [6.07, 6.45) is 0.287. The lowest BCUT2D eigenvalue weighted by Gasteiger charge is -2.34. The summed E-state index contributed by atoms with van der Waals surface area (Å²) in [5.41, 5.74) is 2.15. The van der Waals surface area contributed by atoms with Crippen LogP contribution in [-0.2, 0) is 16.1 Å². The Bertz CT molecular complexity index is 849. The summed E-state index contributed by atoms with van der Waals surface area (Å²) in [4.78, 5) is 26.1. The largest absolute Gasteiger partial charge is 0.306 e. The van der Waals surface area contributed by atoms with Gasteiger partial charge in [0, 0.05) is 4.90 Å².